The number of fused-ring (bicyclic) bond motifs is 1. The first kappa shape index (κ1) is 19.7. The minimum Gasteiger partial charge on any atom is -0.503 e. The van der Waals surface area contributed by atoms with Crippen LogP contribution in [-0.4, -0.2) is 21.8 Å². The van der Waals surface area contributed by atoms with Crippen LogP contribution in [0.2, 0.25) is 0 Å². The molecule has 0 bridgehead atoms. The first-order chi connectivity index (χ1) is 15.1. The van der Waals surface area contributed by atoms with Gasteiger partial charge in [-0.1, -0.05) is 60.7 Å². The van der Waals surface area contributed by atoms with Crippen LogP contribution < -0.4 is 4.90 Å². The van der Waals surface area contributed by atoms with Gasteiger partial charge < -0.3 is 5.11 Å². The van der Waals surface area contributed by atoms with Crippen LogP contribution in [0.5, 0.6) is 0 Å². The number of carbonyl (C=O) groups excluding carboxylic acids is 2. The predicted molar refractivity (Wildman–Crippen MR) is 124 cm³/mol. The van der Waals surface area contributed by atoms with Crippen molar-refractivity contribution in [2.45, 2.75) is 19.4 Å². The molecule has 7 heteroatoms. The Balaban J connectivity index is 1.66. The topological polar surface area (TPSA) is 70.5 Å². The number of aryl methyl sites for hydroxylation is 1. The Kier molecular flexibility index (Phi) is 4.92. The standard InChI is InChI=1S/C24H18N2O3S2/c1-2-14-10-11-16-18(13-14)31-24(25-16)26-20(15-7-4-3-5-8-15)19(22(28)23(26)29)21(27)17-9-6-12-30-17/h3-13,20,28H,2H2,1H3/t20-/m0/s1. The summed E-state index contributed by atoms with van der Waals surface area (Å²) in [4.78, 5) is 33.1. The molecule has 4 aromatic rings. The summed E-state index contributed by atoms with van der Waals surface area (Å²) < 4.78 is 0.964. The summed E-state index contributed by atoms with van der Waals surface area (Å²) >= 11 is 2.67. The quantitative estimate of drug-likeness (QED) is 0.399. The molecule has 5 nitrogen and oxygen atoms in total. The number of thiazole rings is 1. The number of aliphatic hydroxyl groups is 1. The minimum absolute atomic E-state index is 0.0900. The molecule has 2 aromatic carbocycles. The normalized spacial score (nSPS) is 16.5. The van der Waals surface area contributed by atoms with E-state index in [1.54, 1.807) is 17.5 Å². The van der Waals surface area contributed by atoms with Gasteiger partial charge in [-0.25, -0.2) is 4.98 Å². The summed E-state index contributed by atoms with van der Waals surface area (Å²) in [6, 6.07) is 18.1. The van der Waals surface area contributed by atoms with Crippen molar-refractivity contribution in [1.29, 1.82) is 0 Å². The molecule has 31 heavy (non-hydrogen) atoms. The fourth-order valence-electron chi connectivity index (χ4n) is 3.81. The Hall–Kier alpha value is -3.29. The van der Waals surface area contributed by atoms with E-state index < -0.39 is 17.7 Å². The predicted octanol–water partition coefficient (Wildman–Crippen LogP) is 5.70. The zero-order valence-corrected chi connectivity index (χ0v) is 18.2. The molecule has 3 heterocycles. The molecule has 0 saturated heterocycles. The van der Waals surface area contributed by atoms with Crippen LogP contribution in [0, 0.1) is 0 Å². The average Bonchev–Trinajstić information content (AvgIpc) is 3.52. The number of thiophene rings is 1. The number of hydrogen-bond acceptors (Lipinski definition) is 6. The van der Waals surface area contributed by atoms with Gasteiger partial charge >= 0.3 is 0 Å². The molecule has 1 N–H and O–H groups in total. The molecular formula is C24H18N2O3S2. The van der Waals surface area contributed by atoms with Gasteiger partial charge in [0.15, 0.2) is 10.9 Å². The lowest BCUT2D eigenvalue weighted by Gasteiger charge is -2.24. The van der Waals surface area contributed by atoms with E-state index >= 15 is 0 Å². The van der Waals surface area contributed by atoms with Crippen molar-refractivity contribution in [3.05, 3.63) is 93.4 Å². The van der Waals surface area contributed by atoms with Crippen molar-refractivity contribution < 1.29 is 14.7 Å². The maximum atomic E-state index is 13.3. The fourth-order valence-corrected chi connectivity index (χ4v) is 5.54. The van der Waals surface area contributed by atoms with Gasteiger partial charge in [0.25, 0.3) is 5.91 Å². The molecule has 0 spiro atoms. The Bertz CT molecular complexity index is 1320. The lowest BCUT2D eigenvalue weighted by Crippen LogP contribution is -2.30. The van der Waals surface area contributed by atoms with E-state index in [1.165, 1.54) is 33.1 Å². The van der Waals surface area contributed by atoms with E-state index in [-0.39, 0.29) is 11.4 Å². The average molecular weight is 447 g/mol. The van der Waals surface area contributed by atoms with Gasteiger partial charge in [0.2, 0.25) is 5.78 Å². The summed E-state index contributed by atoms with van der Waals surface area (Å²) in [5.74, 6) is -1.46. The lowest BCUT2D eigenvalue weighted by molar-refractivity contribution is -0.117. The Morgan fingerprint density at radius 1 is 1.13 bits per heavy atom. The van der Waals surface area contributed by atoms with Crippen LogP contribution in [0.25, 0.3) is 10.2 Å². The second kappa shape index (κ2) is 7.76. The molecule has 0 aliphatic carbocycles. The summed E-state index contributed by atoms with van der Waals surface area (Å²) in [7, 11) is 0. The van der Waals surface area contributed by atoms with Crippen molar-refractivity contribution in [3.8, 4) is 0 Å². The third-order valence-electron chi connectivity index (χ3n) is 5.37. The first-order valence-electron chi connectivity index (χ1n) is 9.87. The van der Waals surface area contributed by atoms with E-state index in [4.69, 9.17) is 0 Å². The molecule has 0 radical (unpaired) electrons. The second-order valence-electron chi connectivity index (χ2n) is 7.21. The molecule has 0 fully saturated rings. The van der Waals surface area contributed by atoms with E-state index in [1.807, 2.05) is 42.5 Å². The maximum Gasteiger partial charge on any atom is 0.296 e. The highest BCUT2D eigenvalue weighted by Gasteiger charge is 2.46. The largest absolute Gasteiger partial charge is 0.503 e. The van der Waals surface area contributed by atoms with Crippen molar-refractivity contribution in [2.24, 2.45) is 0 Å². The number of ketones is 1. The number of nitrogens with zero attached hydrogens (tertiary/aromatic N) is 2. The molecule has 1 amide bonds. The zero-order chi connectivity index (χ0) is 21.5. The smallest absolute Gasteiger partial charge is 0.296 e. The van der Waals surface area contributed by atoms with E-state index in [2.05, 4.69) is 18.0 Å². The number of anilines is 1. The second-order valence-corrected chi connectivity index (χ2v) is 9.17. The van der Waals surface area contributed by atoms with Crippen LogP contribution in [-0.2, 0) is 11.2 Å². The molecule has 2 aromatic heterocycles. The van der Waals surface area contributed by atoms with Gasteiger partial charge in [-0.2, -0.15) is 0 Å². The fraction of sp³-hybridized carbons (Fsp3) is 0.125. The highest BCUT2D eigenvalue weighted by molar-refractivity contribution is 7.22. The summed E-state index contributed by atoms with van der Waals surface area (Å²) in [6.07, 6.45) is 0.903. The number of hydrogen-bond donors (Lipinski definition) is 1. The number of carbonyl (C=O) groups is 2. The Morgan fingerprint density at radius 3 is 2.65 bits per heavy atom. The number of Topliss-reactive ketones (excluding diaryl/α,β-unsaturated/α-hetero) is 1. The van der Waals surface area contributed by atoms with E-state index in [0.29, 0.717) is 10.0 Å². The number of aliphatic hydroxyl groups excluding tert-OH is 1. The van der Waals surface area contributed by atoms with Gasteiger partial charge in [-0.15, -0.1) is 11.3 Å². The number of benzene rings is 2. The van der Waals surface area contributed by atoms with Crippen molar-refractivity contribution in [3.63, 3.8) is 0 Å². The lowest BCUT2D eigenvalue weighted by atomic mass is 9.96. The number of aromatic nitrogens is 1. The minimum atomic E-state index is -0.741. The van der Waals surface area contributed by atoms with Crippen molar-refractivity contribution >= 4 is 49.7 Å². The first-order valence-corrected chi connectivity index (χ1v) is 11.6. The number of amides is 1. The van der Waals surface area contributed by atoms with Crippen LogP contribution in [0.1, 0.15) is 33.8 Å². The van der Waals surface area contributed by atoms with E-state index in [0.717, 1.165) is 22.2 Å². The van der Waals surface area contributed by atoms with Crippen molar-refractivity contribution in [1.82, 2.24) is 4.98 Å². The summed E-state index contributed by atoms with van der Waals surface area (Å²) in [6.45, 7) is 2.09. The molecule has 0 unspecified atom stereocenters. The molecular weight excluding hydrogens is 428 g/mol. The Labute approximate surface area is 186 Å². The van der Waals surface area contributed by atoms with Gasteiger partial charge in [0.05, 0.1) is 26.7 Å². The monoisotopic (exact) mass is 446 g/mol. The van der Waals surface area contributed by atoms with Crippen molar-refractivity contribution in [2.75, 3.05) is 4.90 Å². The Morgan fingerprint density at radius 2 is 1.94 bits per heavy atom. The van der Waals surface area contributed by atoms with E-state index in [9.17, 15) is 14.7 Å². The van der Waals surface area contributed by atoms with Crippen LogP contribution in [0.3, 0.4) is 0 Å². The number of rotatable bonds is 5. The highest BCUT2D eigenvalue weighted by atomic mass is 32.1. The summed E-state index contributed by atoms with van der Waals surface area (Å²) in [5, 5.41) is 13.1. The molecule has 1 aliphatic heterocycles. The van der Waals surface area contributed by atoms with Gasteiger partial charge in [-0.05, 0) is 41.1 Å². The molecule has 1 aliphatic rings. The molecule has 5 rings (SSSR count). The molecule has 1 atom stereocenters. The summed E-state index contributed by atoms with van der Waals surface area (Å²) in [5.41, 5.74) is 2.80. The van der Waals surface area contributed by atoms with Crippen LogP contribution >= 0.6 is 22.7 Å². The highest BCUT2D eigenvalue weighted by Crippen LogP contribution is 2.44. The van der Waals surface area contributed by atoms with Crippen LogP contribution in [0.15, 0.2) is 77.4 Å². The zero-order valence-electron chi connectivity index (χ0n) is 16.6. The molecule has 0 saturated carbocycles. The SMILES string of the molecule is CCc1ccc2nc(N3C(=O)C(O)=C(C(=O)c4cccs4)[C@@H]3c3ccccc3)sc2c1. The third-order valence-corrected chi connectivity index (χ3v) is 7.26. The molecule has 154 valence electrons. The van der Waals surface area contributed by atoms with Gasteiger partial charge in [-0.3, -0.25) is 14.5 Å². The van der Waals surface area contributed by atoms with Crippen LogP contribution in [0.4, 0.5) is 5.13 Å². The third kappa shape index (κ3) is 3.26. The van der Waals surface area contributed by atoms with Gasteiger partial charge in [0, 0.05) is 0 Å². The van der Waals surface area contributed by atoms with Gasteiger partial charge in [0.1, 0.15) is 0 Å². The maximum absolute atomic E-state index is 13.3.